The minimum atomic E-state index is -0.200. The van der Waals surface area contributed by atoms with Gasteiger partial charge >= 0.3 is 0 Å². The van der Waals surface area contributed by atoms with Crippen LogP contribution in [-0.2, 0) is 19.4 Å². The van der Waals surface area contributed by atoms with E-state index < -0.39 is 0 Å². The number of methoxy groups -OCH3 is 1. The summed E-state index contributed by atoms with van der Waals surface area (Å²) in [5, 5.41) is 3.63. The number of hydrogen-bond donors (Lipinski definition) is 1. The summed E-state index contributed by atoms with van der Waals surface area (Å²) in [4.78, 5) is 15.1. The number of carbonyl (C=O) groups is 1. The van der Waals surface area contributed by atoms with Crippen molar-refractivity contribution in [2.75, 3.05) is 26.0 Å². The zero-order valence-corrected chi connectivity index (χ0v) is 16.8. The van der Waals surface area contributed by atoms with Gasteiger partial charge in [0.2, 0.25) is 0 Å². The molecule has 0 fully saturated rings. The zero-order chi connectivity index (χ0) is 18.0. The Morgan fingerprint density at radius 3 is 2.81 bits per heavy atom. The average Bonchev–Trinajstić information content (AvgIpc) is 2.61. The molecule has 3 rings (SSSR count). The number of amides is 1. The van der Waals surface area contributed by atoms with E-state index in [2.05, 4.69) is 23.3 Å². The molecule has 1 N–H and O–H groups in total. The van der Waals surface area contributed by atoms with Crippen LogP contribution in [0.1, 0.15) is 34.0 Å². The zero-order valence-electron chi connectivity index (χ0n) is 15.3. The number of aryl methyl sites for hydroxylation is 1. The summed E-state index contributed by atoms with van der Waals surface area (Å²) >= 11 is 6.30. The molecular formula is C20H24Cl2N2O2. The molecule has 1 aliphatic rings. The van der Waals surface area contributed by atoms with Gasteiger partial charge < -0.3 is 15.0 Å². The molecule has 0 unspecified atom stereocenters. The van der Waals surface area contributed by atoms with E-state index in [-0.39, 0.29) is 18.3 Å². The van der Waals surface area contributed by atoms with Crippen LogP contribution in [0, 0.1) is 0 Å². The summed E-state index contributed by atoms with van der Waals surface area (Å²) in [6.45, 7) is 3.91. The second-order valence-electron chi connectivity index (χ2n) is 6.38. The number of nitrogens with one attached hydrogen (secondary N) is 1. The highest BCUT2D eigenvalue weighted by Crippen LogP contribution is 2.30. The highest BCUT2D eigenvalue weighted by atomic mass is 35.5. The molecule has 0 saturated carbocycles. The van der Waals surface area contributed by atoms with Crippen LogP contribution in [0.3, 0.4) is 0 Å². The van der Waals surface area contributed by atoms with E-state index in [9.17, 15) is 4.79 Å². The third kappa shape index (κ3) is 4.14. The van der Waals surface area contributed by atoms with Gasteiger partial charge in [-0.1, -0.05) is 30.7 Å². The van der Waals surface area contributed by atoms with Crippen LogP contribution < -0.4 is 10.1 Å². The number of ether oxygens (including phenoxy) is 1. The lowest BCUT2D eigenvalue weighted by molar-refractivity contribution is 0.102. The highest BCUT2D eigenvalue weighted by Gasteiger charge is 2.20. The second-order valence-corrected chi connectivity index (χ2v) is 6.79. The minimum Gasteiger partial charge on any atom is -0.496 e. The van der Waals surface area contributed by atoms with Crippen molar-refractivity contribution >= 4 is 35.6 Å². The molecule has 0 saturated heterocycles. The first kappa shape index (κ1) is 20.6. The lowest BCUT2D eigenvalue weighted by Gasteiger charge is -2.26. The SMILES string of the molecule is CCc1cc(OC)c(C(=O)Nc2cccc3c2CCN(C)C3)cc1Cl.Cl. The number of fused-ring (bicyclic) bond motifs is 1. The quantitative estimate of drug-likeness (QED) is 0.825. The maximum Gasteiger partial charge on any atom is 0.259 e. The molecule has 0 atom stereocenters. The molecule has 2 aromatic carbocycles. The van der Waals surface area contributed by atoms with Crippen LogP contribution in [0.15, 0.2) is 30.3 Å². The second kappa shape index (κ2) is 8.76. The first-order valence-corrected chi connectivity index (χ1v) is 8.88. The lowest BCUT2D eigenvalue weighted by Crippen LogP contribution is -2.27. The van der Waals surface area contributed by atoms with Gasteiger partial charge in [0, 0.05) is 23.8 Å². The molecule has 26 heavy (non-hydrogen) atoms. The molecule has 1 amide bonds. The summed E-state index contributed by atoms with van der Waals surface area (Å²) < 4.78 is 5.40. The molecule has 0 spiro atoms. The van der Waals surface area contributed by atoms with Crippen molar-refractivity contribution in [3.05, 3.63) is 57.6 Å². The van der Waals surface area contributed by atoms with E-state index in [1.54, 1.807) is 13.2 Å². The first-order chi connectivity index (χ1) is 12.0. The summed E-state index contributed by atoms with van der Waals surface area (Å²) in [7, 11) is 3.68. The number of hydrogen-bond acceptors (Lipinski definition) is 3. The van der Waals surface area contributed by atoms with E-state index >= 15 is 0 Å². The number of nitrogens with zero attached hydrogens (tertiary/aromatic N) is 1. The van der Waals surface area contributed by atoms with Crippen molar-refractivity contribution in [2.24, 2.45) is 0 Å². The van der Waals surface area contributed by atoms with Crippen molar-refractivity contribution < 1.29 is 9.53 Å². The Bertz CT molecular complexity index is 809. The third-order valence-corrected chi connectivity index (χ3v) is 5.05. The molecular weight excluding hydrogens is 371 g/mol. The van der Waals surface area contributed by atoms with Gasteiger partial charge in [-0.2, -0.15) is 0 Å². The van der Waals surface area contributed by atoms with Gasteiger partial charge in [-0.25, -0.2) is 0 Å². The summed E-state index contributed by atoms with van der Waals surface area (Å²) in [5.74, 6) is 0.344. The molecule has 6 heteroatoms. The fourth-order valence-electron chi connectivity index (χ4n) is 3.27. The van der Waals surface area contributed by atoms with Gasteiger partial charge in [-0.15, -0.1) is 12.4 Å². The Balaban J connectivity index is 0.00000243. The van der Waals surface area contributed by atoms with E-state index in [0.717, 1.165) is 37.2 Å². The van der Waals surface area contributed by atoms with Crippen molar-refractivity contribution in [1.82, 2.24) is 4.90 Å². The van der Waals surface area contributed by atoms with Crippen LogP contribution in [0.25, 0.3) is 0 Å². The van der Waals surface area contributed by atoms with Crippen LogP contribution >= 0.6 is 24.0 Å². The standard InChI is InChI=1S/C20H23ClN2O2.ClH/c1-4-13-10-19(25-3)16(11-17(13)21)20(24)22-18-7-5-6-14-12-23(2)9-8-15(14)18;/h5-7,10-11H,4,8-9,12H2,1-3H3,(H,22,24);1H. The predicted molar refractivity (Wildman–Crippen MR) is 109 cm³/mol. The normalized spacial score (nSPS) is 13.5. The number of rotatable bonds is 4. The lowest BCUT2D eigenvalue weighted by atomic mass is 9.98. The van der Waals surface area contributed by atoms with Crippen molar-refractivity contribution in [2.45, 2.75) is 26.3 Å². The number of benzene rings is 2. The Labute approximate surface area is 165 Å². The van der Waals surface area contributed by atoms with E-state index in [0.29, 0.717) is 16.3 Å². The molecule has 140 valence electrons. The maximum atomic E-state index is 12.8. The number of likely N-dealkylation sites (N-methyl/N-ethyl adjacent to an activating group) is 1. The van der Waals surface area contributed by atoms with Gasteiger partial charge in [0.1, 0.15) is 5.75 Å². The first-order valence-electron chi connectivity index (χ1n) is 8.50. The van der Waals surface area contributed by atoms with Gasteiger partial charge in [0.05, 0.1) is 12.7 Å². The topological polar surface area (TPSA) is 41.6 Å². The molecule has 0 aliphatic carbocycles. The van der Waals surface area contributed by atoms with Crippen molar-refractivity contribution in [1.29, 1.82) is 0 Å². The van der Waals surface area contributed by atoms with Crippen LogP contribution in [0.2, 0.25) is 5.02 Å². The van der Waals surface area contributed by atoms with E-state index in [1.807, 2.05) is 25.1 Å². The predicted octanol–water partition coefficient (Wildman–Crippen LogP) is 4.57. The van der Waals surface area contributed by atoms with Gasteiger partial charge in [-0.3, -0.25) is 4.79 Å². The van der Waals surface area contributed by atoms with E-state index in [4.69, 9.17) is 16.3 Å². The van der Waals surface area contributed by atoms with Crippen LogP contribution in [0.5, 0.6) is 5.75 Å². The number of halogens is 2. The Morgan fingerprint density at radius 1 is 1.35 bits per heavy atom. The summed E-state index contributed by atoms with van der Waals surface area (Å²) in [6, 6.07) is 9.59. The van der Waals surface area contributed by atoms with Gasteiger partial charge in [0.25, 0.3) is 5.91 Å². The minimum absolute atomic E-state index is 0. The van der Waals surface area contributed by atoms with Gasteiger partial charge in [-0.05, 0) is 54.8 Å². The molecule has 1 aliphatic heterocycles. The summed E-state index contributed by atoms with van der Waals surface area (Å²) in [6.07, 6.45) is 1.71. The molecule has 2 aromatic rings. The Morgan fingerprint density at radius 2 is 2.12 bits per heavy atom. The van der Waals surface area contributed by atoms with Crippen LogP contribution in [-0.4, -0.2) is 31.5 Å². The monoisotopic (exact) mass is 394 g/mol. The number of anilines is 1. The Hall–Kier alpha value is -1.75. The van der Waals surface area contributed by atoms with Crippen molar-refractivity contribution in [3.63, 3.8) is 0 Å². The van der Waals surface area contributed by atoms with E-state index in [1.165, 1.54) is 11.1 Å². The van der Waals surface area contributed by atoms with Crippen LogP contribution in [0.4, 0.5) is 5.69 Å². The molecule has 4 nitrogen and oxygen atoms in total. The fraction of sp³-hybridized carbons (Fsp3) is 0.350. The largest absolute Gasteiger partial charge is 0.496 e. The maximum absolute atomic E-state index is 12.8. The number of carbonyl (C=O) groups excluding carboxylic acids is 1. The highest BCUT2D eigenvalue weighted by molar-refractivity contribution is 6.32. The molecule has 0 radical (unpaired) electrons. The summed E-state index contributed by atoms with van der Waals surface area (Å²) in [5.41, 5.74) is 4.76. The smallest absolute Gasteiger partial charge is 0.259 e. The van der Waals surface area contributed by atoms with Crippen molar-refractivity contribution in [3.8, 4) is 5.75 Å². The fourth-order valence-corrected chi connectivity index (χ4v) is 3.57. The molecule has 0 bridgehead atoms. The Kier molecular flexibility index (Phi) is 6.93. The third-order valence-electron chi connectivity index (χ3n) is 4.70. The molecule has 0 aromatic heterocycles. The van der Waals surface area contributed by atoms with Gasteiger partial charge in [0.15, 0.2) is 0 Å². The molecule has 1 heterocycles. The average molecular weight is 395 g/mol.